The molecule has 1 unspecified atom stereocenters. The Morgan fingerprint density at radius 2 is 1.38 bits per heavy atom. The van der Waals surface area contributed by atoms with E-state index in [4.69, 9.17) is 9.97 Å². The lowest BCUT2D eigenvalue weighted by atomic mass is 9.85. The summed E-state index contributed by atoms with van der Waals surface area (Å²) in [5.41, 5.74) is 5.42. The van der Waals surface area contributed by atoms with Crippen LogP contribution in [0, 0.1) is 10.8 Å². The SMILES string of the molecule is CC(C)(C)C(=O)c1c[nH]c2ncc(Br)nc12.CC(C)[Si](C(C)C)(C(C)C)n1cc(C(O)C(C)(C)C)c2nc(Br)cnc21. The number of aromatic nitrogens is 6. The number of aliphatic hydroxyl groups is 1. The third-order valence-corrected chi connectivity index (χ3v) is 15.6. The van der Waals surface area contributed by atoms with Gasteiger partial charge in [0.25, 0.3) is 0 Å². The molecule has 0 saturated heterocycles. The van der Waals surface area contributed by atoms with E-state index in [2.05, 4.69) is 120 Å². The van der Waals surface area contributed by atoms with E-state index in [1.54, 1.807) is 18.6 Å². The van der Waals surface area contributed by atoms with E-state index in [0.29, 0.717) is 42.6 Å². The van der Waals surface area contributed by atoms with Gasteiger partial charge in [-0.2, -0.15) is 0 Å². The Morgan fingerprint density at radius 1 is 0.881 bits per heavy atom. The fourth-order valence-electron chi connectivity index (χ4n) is 6.24. The normalized spacial score (nSPS) is 13.8. The molecule has 4 aromatic heterocycles. The number of fused-ring (bicyclic) bond motifs is 2. The molecule has 0 aliphatic rings. The molecule has 0 spiro atoms. The van der Waals surface area contributed by atoms with Crippen LogP contribution in [0.15, 0.2) is 34.0 Å². The highest BCUT2D eigenvalue weighted by molar-refractivity contribution is 9.10. The first-order valence-corrected chi connectivity index (χ1v) is 18.3. The zero-order chi connectivity index (χ0) is 31.9. The average molecular weight is 723 g/mol. The van der Waals surface area contributed by atoms with Gasteiger partial charge in [-0.05, 0) is 53.9 Å². The molecule has 11 heteroatoms. The van der Waals surface area contributed by atoms with Gasteiger partial charge in [0.15, 0.2) is 25.3 Å². The Morgan fingerprint density at radius 3 is 1.86 bits per heavy atom. The number of hydrogen-bond acceptors (Lipinski definition) is 6. The van der Waals surface area contributed by atoms with E-state index < -0.39 is 19.8 Å². The van der Waals surface area contributed by atoms with E-state index in [9.17, 15) is 9.90 Å². The molecule has 0 saturated carbocycles. The van der Waals surface area contributed by atoms with Gasteiger partial charge >= 0.3 is 0 Å². The van der Waals surface area contributed by atoms with Gasteiger partial charge in [-0.1, -0.05) is 83.1 Å². The number of Topliss-reactive ketones (excluding diaryl/α,β-unsaturated/α-hetero) is 1. The largest absolute Gasteiger partial charge is 0.388 e. The summed E-state index contributed by atoms with van der Waals surface area (Å²) in [7, 11) is -1.98. The number of carbonyl (C=O) groups excluding carboxylic acids is 1. The molecule has 8 nitrogen and oxygen atoms in total. The van der Waals surface area contributed by atoms with Gasteiger partial charge in [0.05, 0.1) is 24.1 Å². The molecule has 0 amide bonds. The topological polar surface area (TPSA) is 110 Å². The number of aliphatic hydroxyl groups excluding tert-OH is 1. The molecule has 0 aromatic carbocycles. The lowest BCUT2D eigenvalue weighted by Gasteiger charge is -2.44. The fourth-order valence-corrected chi connectivity index (χ4v) is 13.4. The number of nitrogens with one attached hydrogen (secondary N) is 1. The zero-order valence-electron chi connectivity index (χ0n) is 27.0. The summed E-state index contributed by atoms with van der Waals surface area (Å²) < 4.78 is 3.77. The first-order valence-electron chi connectivity index (χ1n) is 14.5. The zero-order valence-corrected chi connectivity index (χ0v) is 31.1. The molecule has 0 bridgehead atoms. The summed E-state index contributed by atoms with van der Waals surface area (Å²) >= 11 is 6.71. The van der Waals surface area contributed by atoms with Crippen molar-refractivity contribution in [2.24, 2.45) is 10.8 Å². The number of ketones is 1. The second-order valence-electron chi connectivity index (χ2n) is 14.1. The van der Waals surface area contributed by atoms with Crippen LogP contribution in [0.5, 0.6) is 0 Å². The average Bonchev–Trinajstić information content (AvgIpc) is 3.43. The van der Waals surface area contributed by atoms with Gasteiger partial charge in [0, 0.05) is 23.4 Å². The molecular weight excluding hydrogens is 676 g/mol. The highest BCUT2D eigenvalue weighted by Crippen LogP contribution is 2.46. The second-order valence-corrected chi connectivity index (χ2v) is 21.5. The second kappa shape index (κ2) is 12.6. The first-order chi connectivity index (χ1) is 19.2. The highest BCUT2D eigenvalue weighted by atomic mass is 79.9. The van der Waals surface area contributed by atoms with Gasteiger partial charge < -0.3 is 14.3 Å². The van der Waals surface area contributed by atoms with Crippen molar-refractivity contribution >= 4 is 68.2 Å². The highest BCUT2D eigenvalue weighted by Gasteiger charge is 2.47. The molecule has 0 aliphatic heterocycles. The van der Waals surface area contributed by atoms with E-state index in [1.807, 2.05) is 20.8 Å². The molecule has 0 aliphatic carbocycles. The molecule has 4 rings (SSSR count). The van der Waals surface area contributed by atoms with Crippen molar-refractivity contribution in [1.29, 1.82) is 0 Å². The van der Waals surface area contributed by atoms with Crippen LogP contribution in [-0.2, 0) is 0 Å². The quantitative estimate of drug-likeness (QED) is 0.152. The van der Waals surface area contributed by atoms with Crippen LogP contribution in [0.3, 0.4) is 0 Å². The van der Waals surface area contributed by atoms with Crippen LogP contribution in [0.25, 0.3) is 22.3 Å². The van der Waals surface area contributed by atoms with Crippen molar-refractivity contribution in [2.75, 3.05) is 0 Å². The predicted molar refractivity (Wildman–Crippen MR) is 181 cm³/mol. The minimum Gasteiger partial charge on any atom is -0.388 e. The molecule has 4 heterocycles. The fraction of sp³-hybridized carbons (Fsp3) is 0.581. The maximum Gasteiger partial charge on any atom is 0.171 e. The van der Waals surface area contributed by atoms with Crippen LogP contribution >= 0.6 is 31.9 Å². The lowest BCUT2D eigenvalue weighted by Crippen LogP contribution is -2.51. The molecule has 4 aromatic rings. The van der Waals surface area contributed by atoms with E-state index in [0.717, 1.165) is 16.7 Å². The number of carbonyl (C=O) groups is 1. The summed E-state index contributed by atoms with van der Waals surface area (Å²) in [4.78, 5) is 33.0. The van der Waals surface area contributed by atoms with Gasteiger partial charge in [-0.25, -0.2) is 19.9 Å². The number of aromatic amines is 1. The molecule has 42 heavy (non-hydrogen) atoms. The Bertz CT molecular complexity index is 1540. The van der Waals surface area contributed by atoms with Gasteiger partial charge in [-0.3, -0.25) is 4.79 Å². The minimum absolute atomic E-state index is 0.0613. The first kappa shape index (κ1) is 34.5. The van der Waals surface area contributed by atoms with Crippen molar-refractivity contribution in [1.82, 2.24) is 29.2 Å². The van der Waals surface area contributed by atoms with Gasteiger partial charge in [-0.15, -0.1) is 0 Å². The summed E-state index contributed by atoms with van der Waals surface area (Å²) in [6, 6.07) is 0. The molecule has 2 N–H and O–H groups in total. The third-order valence-electron chi connectivity index (χ3n) is 8.08. The smallest absolute Gasteiger partial charge is 0.171 e. The van der Waals surface area contributed by atoms with Crippen LogP contribution in [0.4, 0.5) is 0 Å². The molecule has 230 valence electrons. The minimum atomic E-state index is -1.98. The van der Waals surface area contributed by atoms with Crippen LogP contribution < -0.4 is 0 Å². The van der Waals surface area contributed by atoms with Crippen LogP contribution in [0.1, 0.15) is 105 Å². The maximum absolute atomic E-state index is 12.1. The lowest BCUT2D eigenvalue weighted by molar-refractivity contribution is 0.0637. The van der Waals surface area contributed by atoms with Crippen molar-refractivity contribution in [2.45, 2.75) is 106 Å². The number of nitrogens with zero attached hydrogens (tertiary/aromatic N) is 5. The van der Waals surface area contributed by atoms with Gasteiger partial charge in [0.1, 0.15) is 20.2 Å². The summed E-state index contributed by atoms with van der Waals surface area (Å²) in [5.74, 6) is 0.0613. The number of H-pyrrole nitrogens is 1. The molecule has 0 radical (unpaired) electrons. The summed E-state index contributed by atoms with van der Waals surface area (Å²) in [5, 5.41) is 11.1. The Labute approximate surface area is 267 Å². The van der Waals surface area contributed by atoms with Crippen molar-refractivity contribution in [3.63, 3.8) is 0 Å². The molecule has 1 atom stereocenters. The standard InChI is InChI=1S/C20H34BrN3OSi.C11H12BrN3O/c1-12(2)26(13(3)4,14(5)6)24-11-15(18(25)20(7,8)9)17-19(24)22-10-16(21)23-17;1-11(2,3)9(16)6-4-13-10-8(6)15-7(12)5-14-10/h10-14,18,25H,1-9H3;4-5H,1-3H3,(H,13,14). The van der Waals surface area contributed by atoms with Crippen molar-refractivity contribution < 1.29 is 9.90 Å². The van der Waals surface area contributed by atoms with E-state index in [-0.39, 0.29) is 11.2 Å². The van der Waals surface area contributed by atoms with E-state index in [1.165, 1.54) is 0 Å². The van der Waals surface area contributed by atoms with E-state index >= 15 is 0 Å². The summed E-state index contributed by atoms with van der Waals surface area (Å²) in [6.07, 6.45) is 6.62. The van der Waals surface area contributed by atoms with Crippen molar-refractivity contribution in [3.8, 4) is 0 Å². The van der Waals surface area contributed by atoms with Gasteiger partial charge in [0.2, 0.25) is 0 Å². The number of halogens is 2. The molecular formula is C31H46Br2N6O2Si. The van der Waals surface area contributed by atoms with Crippen LogP contribution in [-0.4, -0.2) is 48.3 Å². The van der Waals surface area contributed by atoms with Crippen LogP contribution in [0.2, 0.25) is 16.6 Å². The van der Waals surface area contributed by atoms with Crippen molar-refractivity contribution in [3.05, 3.63) is 45.1 Å². The Kier molecular flexibility index (Phi) is 10.3. The third kappa shape index (κ3) is 6.59. The Hall–Kier alpha value is -1.95. The maximum atomic E-state index is 12.1. The number of rotatable bonds is 6. The summed E-state index contributed by atoms with van der Waals surface area (Å²) in [6.45, 7) is 25.9. The Balaban J connectivity index is 0.000000258. The molecule has 0 fully saturated rings. The monoisotopic (exact) mass is 720 g/mol. The predicted octanol–water partition coefficient (Wildman–Crippen LogP) is 9.25. The number of hydrogen-bond donors (Lipinski definition) is 2.